The van der Waals surface area contributed by atoms with E-state index in [0.29, 0.717) is 0 Å². The topological polar surface area (TPSA) is 44.5 Å². The zero-order valence-corrected chi connectivity index (χ0v) is 10.8. The highest BCUT2D eigenvalue weighted by atomic mass is 16.5. The van der Waals surface area contributed by atoms with Crippen LogP contribution in [0, 0.1) is 6.92 Å². The Morgan fingerprint density at radius 3 is 2.59 bits per heavy atom. The second-order valence-corrected chi connectivity index (χ2v) is 5.14. The lowest BCUT2D eigenvalue weighted by atomic mass is 9.74. The van der Waals surface area contributed by atoms with Crippen LogP contribution >= 0.6 is 0 Å². The normalized spacial score (nSPS) is 19.5. The Labute approximate surface area is 103 Å². The largest absolute Gasteiger partial charge is 0.496 e. The number of ether oxygens (including phenoxy) is 2. The number of methoxy groups -OCH3 is 1. The molecule has 0 radical (unpaired) electrons. The number of benzene rings is 1. The van der Waals surface area contributed by atoms with E-state index in [1.165, 1.54) is 11.1 Å². The minimum absolute atomic E-state index is 0.116. The molecule has 1 saturated heterocycles. The predicted molar refractivity (Wildman–Crippen MR) is 68.5 cm³/mol. The molecule has 17 heavy (non-hydrogen) atoms. The number of hydrogen-bond donors (Lipinski definition) is 1. The van der Waals surface area contributed by atoms with Crippen molar-refractivity contribution >= 4 is 0 Å². The minimum atomic E-state index is 0.116. The first-order chi connectivity index (χ1) is 8.07. The summed E-state index contributed by atoms with van der Waals surface area (Å²) in [6, 6.07) is 6.56. The molecule has 0 spiro atoms. The number of rotatable bonds is 4. The maximum absolute atomic E-state index is 5.94. The van der Waals surface area contributed by atoms with Gasteiger partial charge in [0.2, 0.25) is 0 Å². The Hall–Kier alpha value is -1.06. The van der Waals surface area contributed by atoms with Crippen molar-refractivity contribution in [3.8, 4) is 5.75 Å². The van der Waals surface area contributed by atoms with Crippen molar-refractivity contribution in [1.82, 2.24) is 0 Å². The Morgan fingerprint density at radius 1 is 1.47 bits per heavy atom. The fourth-order valence-corrected chi connectivity index (χ4v) is 2.58. The minimum Gasteiger partial charge on any atom is -0.496 e. The zero-order valence-electron chi connectivity index (χ0n) is 10.8. The Kier molecular flexibility index (Phi) is 3.40. The molecular weight excluding hydrogens is 214 g/mol. The van der Waals surface area contributed by atoms with E-state index in [1.807, 2.05) is 6.07 Å². The van der Waals surface area contributed by atoms with Crippen molar-refractivity contribution in [3.63, 3.8) is 0 Å². The van der Waals surface area contributed by atoms with Gasteiger partial charge in [0.1, 0.15) is 5.75 Å². The van der Waals surface area contributed by atoms with Gasteiger partial charge in [0, 0.05) is 11.5 Å². The predicted octanol–water partition coefficient (Wildman–Crippen LogP) is 2.01. The van der Waals surface area contributed by atoms with Crippen LogP contribution in [0.15, 0.2) is 18.2 Å². The van der Waals surface area contributed by atoms with Crippen LogP contribution in [0.3, 0.4) is 0 Å². The van der Waals surface area contributed by atoms with Gasteiger partial charge >= 0.3 is 0 Å². The average molecular weight is 235 g/mol. The molecule has 1 aliphatic rings. The molecule has 1 fully saturated rings. The SMILES string of the molecule is COc1ccc(C2(CC(C)N)COC2)cc1C. The van der Waals surface area contributed by atoms with Gasteiger partial charge in [-0.2, -0.15) is 0 Å². The maximum atomic E-state index is 5.94. The summed E-state index contributed by atoms with van der Waals surface area (Å²) >= 11 is 0. The van der Waals surface area contributed by atoms with Crippen LogP contribution in [0.1, 0.15) is 24.5 Å². The fourth-order valence-electron chi connectivity index (χ4n) is 2.58. The van der Waals surface area contributed by atoms with Gasteiger partial charge in [-0.25, -0.2) is 0 Å². The molecule has 0 saturated carbocycles. The van der Waals surface area contributed by atoms with Gasteiger partial charge in [0.25, 0.3) is 0 Å². The van der Waals surface area contributed by atoms with Gasteiger partial charge < -0.3 is 15.2 Å². The molecule has 0 aliphatic carbocycles. The molecule has 0 amide bonds. The smallest absolute Gasteiger partial charge is 0.121 e. The summed E-state index contributed by atoms with van der Waals surface area (Å²) in [7, 11) is 1.70. The Balaban J connectivity index is 2.28. The van der Waals surface area contributed by atoms with Gasteiger partial charge in [-0.3, -0.25) is 0 Å². The van der Waals surface area contributed by atoms with E-state index in [1.54, 1.807) is 7.11 Å². The first kappa shape index (κ1) is 12.4. The molecule has 1 heterocycles. The van der Waals surface area contributed by atoms with E-state index in [-0.39, 0.29) is 11.5 Å². The summed E-state index contributed by atoms with van der Waals surface area (Å²) in [4.78, 5) is 0. The van der Waals surface area contributed by atoms with Crippen LogP contribution < -0.4 is 10.5 Å². The van der Waals surface area contributed by atoms with E-state index in [2.05, 4.69) is 26.0 Å². The van der Waals surface area contributed by atoms with Crippen LogP contribution in [-0.4, -0.2) is 26.4 Å². The summed E-state index contributed by atoms with van der Waals surface area (Å²) in [5, 5.41) is 0. The van der Waals surface area contributed by atoms with Crippen molar-refractivity contribution in [1.29, 1.82) is 0 Å². The van der Waals surface area contributed by atoms with Gasteiger partial charge in [0.05, 0.1) is 20.3 Å². The standard InChI is InChI=1S/C14H21NO2/c1-10-6-12(4-5-13(10)16-3)14(7-11(2)15)8-17-9-14/h4-6,11H,7-9,15H2,1-3H3. The molecule has 1 unspecified atom stereocenters. The molecule has 0 aromatic heterocycles. The summed E-state index contributed by atoms with van der Waals surface area (Å²) in [5.74, 6) is 0.935. The van der Waals surface area contributed by atoms with Crippen molar-refractivity contribution in [2.45, 2.75) is 31.7 Å². The van der Waals surface area contributed by atoms with E-state index in [0.717, 1.165) is 25.4 Å². The molecule has 1 atom stereocenters. The van der Waals surface area contributed by atoms with E-state index in [9.17, 15) is 0 Å². The molecule has 2 rings (SSSR count). The van der Waals surface area contributed by atoms with Crippen LogP contribution in [0.25, 0.3) is 0 Å². The molecule has 94 valence electrons. The number of hydrogen-bond acceptors (Lipinski definition) is 3. The van der Waals surface area contributed by atoms with Gasteiger partial charge in [-0.1, -0.05) is 12.1 Å². The summed E-state index contributed by atoms with van der Waals surface area (Å²) in [5.41, 5.74) is 8.54. The van der Waals surface area contributed by atoms with Crippen LogP contribution in [0.5, 0.6) is 5.75 Å². The van der Waals surface area contributed by atoms with Crippen LogP contribution in [0.4, 0.5) is 0 Å². The lowest BCUT2D eigenvalue weighted by molar-refractivity contribution is -0.0665. The monoisotopic (exact) mass is 235 g/mol. The Morgan fingerprint density at radius 2 is 2.18 bits per heavy atom. The second kappa shape index (κ2) is 4.67. The summed E-state index contributed by atoms with van der Waals surface area (Å²) < 4.78 is 10.7. The van der Waals surface area contributed by atoms with E-state index >= 15 is 0 Å². The van der Waals surface area contributed by atoms with E-state index in [4.69, 9.17) is 15.2 Å². The zero-order chi connectivity index (χ0) is 12.5. The van der Waals surface area contributed by atoms with Gasteiger partial charge in [0.15, 0.2) is 0 Å². The van der Waals surface area contributed by atoms with Crippen molar-refractivity contribution < 1.29 is 9.47 Å². The fraction of sp³-hybridized carbons (Fsp3) is 0.571. The van der Waals surface area contributed by atoms with Crippen molar-refractivity contribution in [2.24, 2.45) is 5.73 Å². The third kappa shape index (κ3) is 2.31. The second-order valence-electron chi connectivity index (χ2n) is 5.14. The first-order valence-corrected chi connectivity index (χ1v) is 6.06. The highest BCUT2D eigenvalue weighted by Crippen LogP contribution is 2.38. The lowest BCUT2D eigenvalue weighted by Gasteiger charge is -2.43. The molecule has 1 aromatic carbocycles. The van der Waals surface area contributed by atoms with Crippen molar-refractivity contribution in [2.75, 3.05) is 20.3 Å². The Bertz CT molecular complexity index is 397. The van der Waals surface area contributed by atoms with Gasteiger partial charge in [-0.05, 0) is 37.5 Å². The molecule has 3 nitrogen and oxygen atoms in total. The molecule has 2 N–H and O–H groups in total. The summed E-state index contributed by atoms with van der Waals surface area (Å²) in [6.45, 7) is 5.68. The summed E-state index contributed by atoms with van der Waals surface area (Å²) in [6.07, 6.45) is 0.971. The molecule has 3 heteroatoms. The van der Waals surface area contributed by atoms with Crippen molar-refractivity contribution in [3.05, 3.63) is 29.3 Å². The van der Waals surface area contributed by atoms with Crippen LogP contribution in [0.2, 0.25) is 0 Å². The lowest BCUT2D eigenvalue weighted by Crippen LogP contribution is -2.49. The third-order valence-corrected chi connectivity index (χ3v) is 3.48. The third-order valence-electron chi connectivity index (χ3n) is 3.48. The number of aryl methyl sites for hydroxylation is 1. The first-order valence-electron chi connectivity index (χ1n) is 6.06. The molecular formula is C14H21NO2. The highest BCUT2D eigenvalue weighted by Gasteiger charge is 2.40. The number of nitrogens with two attached hydrogens (primary N) is 1. The molecule has 1 aliphatic heterocycles. The molecule has 0 bridgehead atoms. The van der Waals surface area contributed by atoms with E-state index < -0.39 is 0 Å². The van der Waals surface area contributed by atoms with Crippen LogP contribution in [-0.2, 0) is 10.2 Å². The average Bonchev–Trinajstić information content (AvgIpc) is 2.23. The quantitative estimate of drug-likeness (QED) is 0.868. The highest BCUT2D eigenvalue weighted by molar-refractivity contribution is 5.40. The maximum Gasteiger partial charge on any atom is 0.121 e. The molecule has 1 aromatic rings. The van der Waals surface area contributed by atoms with Gasteiger partial charge in [-0.15, -0.1) is 0 Å².